The molecule has 0 bridgehead atoms. The van der Waals surface area contributed by atoms with Crippen LogP contribution in [0.1, 0.15) is 57.7 Å². The van der Waals surface area contributed by atoms with Gasteiger partial charge in [0.1, 0.15) is 11.5 Å². The third kappa shape index (κ3) is 3.55. The van der Waals surface area contributed by atoms with E-state index in [1.54, 1.807) is 0 Å². The molecule has 0 unspecified atom stereocenters. The number of amides is 1. The van der Waals surface area contributed by atoms with Crippen LogP contribution in [-0.4, -0.2) is 20.3 Å². The van der Waals surface area contributed by atoms with Crippen molar-refractivity contribution < 1.29 is 4.79 Å². The smallest absolute Gasteiger partial charge is 0.274 e. The van der Waals surface area contributed by atoms with Crippen LogP contribution in [0.5, 0.6) is 0 Å². The van der Waals surface area contributed by atoms with Crippen molar-refractivity contribution in [1.82, 2.24) is 14.3 Å². The predicted octanol–water partition coefficient (Wildman–Crippen LogP) is 5.44. The van der Waals surface area contributed by atoms with Gasteiger partial charge in [-0.05, 0) is 42.8 Å². The Morgan fingerprint density at radius 3 is 2.30 bits per heavy atom. The van der Waals surface area contributed by atoms with Crippen LogP contribution in [0.15, 0.2) is 34.8 Å². The minimum Gasteiger partial charge on any atom is -0.339 e. The van der Waals surface area contributed by atoms with Crippen LogP contribution in [0.2, 0.25) is 0 Å². The Labute approximate surface area is 168 Å². The highest BCUT2D eigenvalue weighted by Gasteiger charge is 2.27. The van der Waals surface area contributed by atoms with Gasteiger partial charge in [0.05, 0.1) is 15.7 Å². The molecule has 0 aliphatic rings. The highest BCUT2D eigenvalue weighted by Crippen LogP contribution is 2.32. The number of hydrogen-bond acceptors (Lipinski definition) is 2. The molecule has 0 saturated heterocycles. The number of nitrogens with one attached hydrogen (secondary N) is 1. The molecule has 27 heavy (non-hydrogen) atoms. The molecule has 0 radical (unpaired) electrons. The van der Waals surface area contributed by atoms with Gasteiger partial charge in [-0.2, -0.15) is 5.10 Å². The Hall–Kier alpha value is -2.08. The number of anilines is 1. The fourth-order valence-electron chi connectivity index (χ4n) is 3.12. The number of aromatic nitrogens is 3. The lowest BCUT2D eigenvalue weighted by molar-refractivity contribution is 0.101. The predicted molar refractivity (Wildman–Crippen MR) is 114 cm³/mol. The van der Waals surface area contributed by atoms with Crippen LogP contribution >= 0.6 is 15.9 Å². The topological polar surface area (TPSA) is 51.9 Å². The minimum absolute atomic E-state index is 0.101. The monoisotopic (exact) mass is 430 g/mol. The van der Waals surface area contributed by atoms with Gasteiger partial charge in [-0.3, -0.25) is 4.79 Å². The van der Waals surface area contributed by atoms with E-state index in [4.69, 9.17) is 5.10 Å². The molecule has 0 aliphatic heterocycles. The number of benzene rings is 1. The van der Waals surface area contributed by atoms with Gasteiger partial charge in [0.2, 0.25) is 0 Å². The zero-order valence-corrected chi connectivity index (χ0v) is 18.6. The van der Waals surface area contributed by atoms with Crippen LogP contribution in [-0.2, 0) is 18.0 Å². The molecule has 0 atom stereocenters. The quantitative estimate of drug-likeness (QED) is 0.587. The van der Waals surface area contributed by atoms with E-state index >= 15 is 0 Å². The number of aryl methyl sites for hydroxylation is 1. The summed E-state index contributed by atoms with van der Waals surface area (Å²) in [6.07, 6.45) is 0. The second-order valence-electron chi connectivity index (χ2n) is 8.94. The number of carbonyl (C=O) groups is 1. The van der Waals surface area contributed by atoms with Gasteiger partial charge in [0, 0.05) is 29.4 Å². The van der Waals surface area contributed by atoms with Crippen molar-refractivity contribution in [2.45, 2.75) is 52.5 Å². The summed E-state index contributed by atoms with van der Waals surface area (Å²) in [5, 5.41) is 8.87. The number of halogens is 1. The molecule has 3 rings (SSSR count). The van der Waals surface area contributed by atoms with Crippen molar-refractivity contribution >= 4 is 38.6 Å². The van der Waals surface area contributed by atoms with Gasteiger partial charge in [-0.25, -0.2) is 4.68 Å². The molecule has 0 fully saturated rings. The highest BCUT2D eigenvalue weighted by molar-refractivity contribution is 9.10. The summed E-state index contributed by atoms with van der Waals surface area (Å²) in [5.74, 6) is 0.543. The second-order valence-corrected chi connectivity index (χ2v) is 9.73. The average molecular weight is 431 g/mol. The first-order valence-corrected chi connectivity index (χ1v) is 9.86. The molecule has 0 saturated carbocycles. The lowest BCUT2D eigenvalue weighted by Crippen LogP contribution is -2.27. The van der Waals surface area contributed by atoms with Crippen molar-refractivity contribution in [3.05, 3.63) is 46.2 Å². The first kappa shape index (κ1) is 19.7. The molecule has 5 nitrogen and oxygen atoms in total. The maximum absolute atomic E-state index is 13.2. The van der Waals surface area contributed by atoms with E-state index in [9.17, 15) is 4.79 Å². The van der Waals surface area contributed by atoms with Crippen molar-refractivity contribution in [2.75, 3.05) is 5.32 Å². The van der Waals surface area contributed by atoms with E-state index in [1.165, 1.54) is 0 Å². The Kier molecular flexibility index (Phi) is 4.75. The van der Waals surface area contributed by atoms with Crippen LogP contribution in [0.25, 0.3) is 10.9 Å². The Bertz CT molecular complexity index is 976. The van der Waals surface area contributed by atoms with E-state index in [1.807, 2.05) is 46.6 Å². The standard InChI is InChI=1S/C21H27BrN4O/c1-20(2,3)15-12-16(26(24-15)21(4,5)6)23-19(27)18-17(22)13-10-8-9-11-14(13)25(18)7/h8-12H,1-7H3,(H,23,27). The summed E-state index contributed by atoms with van der Waals surface area (Å²) in [6.45, 7) is 12.6. The van der Waals surface area contributed by atoms with Gasteiger partial charge in [-0.15, -0.1) is 0 Å². The number of hydrogen-bond donors (Lipinski definition) is 1. The van der Waals surface area contributed by atoms with Crippen LogP contribution in [0.3, 0.4) is 0 Å². The molecular weight excluding hydrogens is 404 g/mol. The summed E-state index contributed by atoms with van der Waals surface area (Å²) >= 11 is 3.61. The van der Waals surface area contributed by atoms with E-state index in [0.29, 0.717) is 11.5 Å². The summed E-state index contributed by atoms with van der Waals surface area (Å²) < 4.78 is 4.61. The van der Waals surface area contributed by atoms with Crippen molar-refractivity contribution in [2.24, 2.45) is 7.05 Å². The summed E-state index contributed by atoms with van der Waals surface area (Å²) in [7, 11) is 1.91. The molecule has 2 heterocycles. The van der Waals surface area contributed by atoms with Gasteiger partial charge in [-0.1, -0.05) is 39.0 Å². The molecule has 1 N–H and O–H groups in total. The molecule has 2 aromatic heterocycles. The van der Waals surface area contributed by atoms with Crippen LogP contribution in [0, 0.1) is 0 Å². The third-order valence-corrected chi connectivity index (χ3v) is 5.42. The minimum atomic E-state index is -0.248. The van der Waals surface area contributed by atoms with Crippen LogP contribution in [0.4, 0.5) is 5.82 Å². The van der Waals surface area contributed by atoms with Crippen molar-refractivity contribution in [3.63, 3.8) is 0 Å². The zero-order chi connectivity index (χ0) is 20.1. The molecule has 0 aliphatic carbocycles. The number of para-hydroxylation sites is 1. The maximum Gasteiger partial charge on any atom is 0.274 e. The van der Waals surface area contributed by atoms with E-state index in [0.717, 1.165) is 21.1 Å². The van der Waals surface area contributed by atoms with Gasteiger partial charge in [0.15, 0.2) is 0 Å². The second kappa shape index (κ2) is 6.51. The van der Waals surface area contributed by atoms with E-state index < -0.39 is 0 Å². The summed E-state index contributed by atoms with van der Waals surface area (Å²) in [4.78, 5) is 13.2. The average Bonchev–Trinajstić information content (AvgIpc) is 3.08. The first-order chi connectivity index (χ1) is 12.4. The highest BCUT2D eigenvalue weighted by atomic mass is 79.9. The number of rotatable bonds is 2. The molecule has 1 amide bonds. The summed E-state index contributed by atoms with van der Waals surface area (Å²) in [6, 6.07) is 9.93. The van der Waals surface area contributed by atoms with E-state index in [-0.39, 0.29) is 16.9 Å². The molecule has 0 spiro atoms. The van der Waals surface area contributed by atoms with Crippen LogP contribution < -0.4 is 5.32 Å². The molecular formula is C21H27BrN4O. The Morgan fingerprint density at radius 2 is 1.74 bits per heavy atom. The lowest BCUT2D eigenvalue weighted by Gasteiger charge is -2.23. The molecule has 6 heteroatoms. The number of nitrogens with zero attached hydrogens (tertiary/aromatic N) is 3. The van der Waals surface area contributed by atoms with E-state index in [2.05, 4.69) is 62.8 Å². The fraction of sp³-hybridized carbons (Fsp3) is 0.429. The summed E-state index contributed by atoms with van der Waals surface area (Å²) in [5.41, 5.74) is 2.20. The normalized spacial score (nSPS) is 12.6. The fourth-order valence-corrected chi connectivity index (χ4v) is 3.90. The molecule has 1 aromatic carbocycles. The first-order valence-electron chi connectivity index (χ1n) is 9.06. The zero-order valence-electron chi connectivity index (χ0n) is 17.0. The largest absolute Gasteiger partial charge is 0.339 e. The molecule has 144 valence electrons. The molecule has 3 aromatic rings. The Morgan fingerprint density at radius 1 is 1.11 bits per heavy atom. The van der Waals surface area contributed by atoms with Gasteiger partial charge in [0.25, 0.3) is 5.91 Å². The third-order valence-electron chi connectivity index (χ3n) is 4.62. The number of carbonyl (C=O) groups excluding carboxylic acids is 1. The maximum atomic E-state index is 13.2. The van der Waals surface area contributed by atoms with Crippen molar-refractivity contribution in [3.8, 4) is 0 Å². The SMILES string of the molecule is Cn1c(C(=O)Nc2cc(C(C)(C)C)nn2C(C)(C)C)c(Br)c2ccccc21. The van der Waals surface area contributed by atoms with Gasteiger partial charge < -0.3 is 9.88 Å². The number of fused-ring (bicyclic) bond motifs is 1. The van der Waals surface area contributed by atoms with Gasteiger partial charge >= 0.3 is 0 Å². The Balaban J connectivity index is 2.06. The van der Waals surface area contributed by atoms with Crippen molar-refractivity contribution in [1.29, 1.82) is 0 Å². The lowest BCUT2D eigenvalue weighted by atomic mass is 9.92.